The van der Waals surface area contributed by atoms with Gasteiger partial charge in [0.2, 0.25) is 0 Å². The van der Waals surface area contributed by atoms with Crippen LogP contribution in [0.4, 0.5) is 5.69 Å². The van der Waals surface area contributed by atoms with Crippen molar-refractivity contribution in [1.29, 1.82) is 5.26 Å². The standard InChI is InChI=1S/C23H15Cl3N2O2/c24-19-5-2-1-4-16(19)14-30-18-10-8-15(9-11-18)12-17(13-27)23(29)28-21-7-3-6-20(25)22(21)26/h1-12H,14H2,(H,28,29)/b17-12-. The molecular formula is C23H15Cl3N2O2. The SMILES string of the molecule is N#C/C(=C/c1ccc(OCc2ccccc2Cl)cc1)C(=O)Nc1cccc(Cl)c1Cl. The summed E-state index contributed by atoms with van der Waals surface area (Å²) in [7, 11) is 0. The maximum atomic E-state index is 12.4. The summed E-state index contributed by atoms with van der Waals surface area (Å²) < 4.78 is 5.73. The molecule has 150 valence electrons. The Morgan fingerprint density at radius 2 is 1.67 bits per heavy atom. The van der Waals surface area contributed by atoms with E-state index < -0.39 is 5.91 Å². The minimum atomic E-state index is -0.583. The summed E-state index contributed by atoms with van der Waals surface area (Å²) in [6.45, 7) is 0.334. The van der Waals surface area contributed by atoms with E-state index in [1.54, 1.807) is 48.5 Å². The first-order chi connectivity index (χ1) is 14.5. The van der Waals surface area contributed by atoms with Crippen molar-refractivity contribution in [3.63, 3.8) is 0 Å². The number of carbonyl (C=O) groups excluding carboxylic acids is 1. The molecule has 0 aliphatic carbocycles. The molecule has 1 amide bonds. The highest BCUT2D eigenvalue weighted by atomic mass is 35.5. The minimum Gasteiger partial charge on any atom is -0.489 e. The van der Waals surface area contributed by atoms with Crippen molar-refractivity contribution in [2.75, 3.05) is 5.32 Å². The quantitative estimate of drug-likeness (QED) is 0.328. The first kappa shape index (κ1) is 21.7. The van der Waals surface area contributed by atoms with Crippen molar-refractivity contribution in [2.45, 2.75) is 6.61 Å². The Morgan fingerprint density at radius 3 is 2.37 bits per heavy atom. The van der Waals surface area contributed by atoms with Gasteiger partial charge in [-0.15, -0.1) is 0 Å². The Bertz CT molecular complexity index is 1140. The lowest BCUT2D eigenvalue weighted by molar-refractivity contribution is -0.112. The molecule has 30 heavy (non-hydrogen) atoms. The molecular weight excluding hydrogens is 443 g/mol. The first-order valence-electron chi connectivity index (χ1n) is 8.81. The predicted octanol–water partition coefficient (Wildman–Crippen LogP) is 6.77. The van der Waals surface area contributed by atoms with E-state index in [-0.39, 0.29) is 10.6 Å². The molecule has 4 nitrogen and oxygen atoms in total. The summed E-state index contributed by atoms with van der Waals surface area (Å²) >= 11 is 18.1. The number of hydrogen-bond acceptors (Lipinski definition) is 3. The molecule has 0 saturated carbocycles. The fraction of sp³-hybridized carbons (Fsp3) is 0.0435. The third-order valence-corrected chi connectivity index (χ3v) is 5.30. The number of nitriles is 1. The fourth-order valence-corrected chi connectivity index (χ4v) is 3.08. The third-order valence-electron chi connectivity index (χ3n) is 4.11. The highest BCUT2D eigenvalue weighted by Gasteiger charge is 2.13. The molecule has 0 saturated heterocycles. The number of nitrogens with one attached hydrogen (secondary N) is 1. The Hall–Kier alpha value is -2.97. The van der Waals surface area contributed by atoms with Crippen molar-refractivity contribution < 1.29 is 9.53 Å². The maximum Gasteiger partial charge on any atom is 0.266 e. The molecule has 0 aromatic heterocycles. The Morgan fingerprint density at radius 1 is 0.967 bits per heavy atom. The van der Waals surface area contributed by atoms with Gasteiger partial charge in [0.15, 0.2) is 0 Å². The van der Waals surface area contributed by atoms with Crippen LogP contribution in [0.25, 0.3) is 6.08 Å². The van der Waals surface area contributed by atoms with Crippen LogP contribution in [0.15, 0.2) is 72.3 Å². The lowest BCUT2D eigenvalue weighted by Crippen LogP contribution is -2.13. The molecule has 0 aliphatic heterocycles. The zero-order valence-corrected chi connectivity index (χ0v) is 17.8. The molecule has 0 aliphatic rings. The second-order valence-corrected chi connectivity index (χ2v) is 7.37. The first-order valence-corrected chi connectivity index (χ1v) is 9.95. The zero-order chi connectivity index (χ0) is 21.5. The molecule has 0 fully saturated rings. The lowest BCUT2D eigenvalue weighted by atomic mass is 10.1. The number of ether oxygens (including phenoxy) is 1. The van der Waals surface area contributed by atoms with Gasteiger partial charge in [-0.3, -0.25) is 4.79 Å². The Kier molecular flexibility index (Phi) is 7.37. The van der Waals surface area contributed by atoms with Crippen molar-refractivity contribution >= 4 is 52.5 Å². The smallest absolute Gasteiger partial charge is 0.266 e. The van der Waals surface area contributed by atoms with Crippen LogP contribution in [0.1, 0.15) is 11.1 Å². The number of carbonyl (C=O) groups is 1. The van der Waals surface area contributed by atoms with Crippen LogP contribution in [0.2, 0.25) is 15.1 Å². The average molecular weight is 458 g/mol. The van der Waals surface area contributed by atoms with Gasteiger partial charge < -0.3 is 10.1 Å². The van der Waals surface area contributed by atoms with Crippen molar-refractivity contribution in [2.24, 2.45) is 0 Å². The van der Waals surface area contributed by atoms with E-state index in [1.807, 2.05) is 24.3 Å². The molecule has 0 bridgehead atoms. The van der Waals surface area contributed by atoms with Gasteiger partial charge in [-0.1, -0.05) is 71.2 Å². The van der Waals surface area contributed by atoms with Gasteiger partial charge in [0.05, 0.1) is 15.7 Å². The molecule has 3 aromatic rings. The number of amides is 1. The molecule has 7 heteroatoms. The van der Waals surface area contributed by atoms with E-state index in [1.165, 1.54) is 6.08 Å². The Balaban J connectivity index is 1.68. The molecule has 0 radical (unpaired) electrons. The van der Waals surface area contributed by atoms with Crippen LogP contribution in [-0.4, -0.2) is 5.91 Å². The van der Waals surface area contributed by atoms with Gasteiger partial charge >= 0.3 is 0 Å². The predicted molar refractivity (Wildman–Crippen MR) is 121 cm³/mol. The maximum absolute atomic E-state index is 12.4. The highest BCUT2D eigenvalue weighted by molar-refractivity contribution is 6.44. The van der Waals surface area contributed by atoms with E-state index in [0.29, 0.717) is 33.7 Å². The van der Waals surface area contributed by atoms with Gasteiger partial charge in [-0.25, -0.2) is 0 Å². The van der Waals surface area contributed by atoms with E-state index in [4.69, 9.17) is 39.5 Å². The van der Waals surface area contributed by atoms with Crippen LogP contribution >= 0.6 is 34.8 Å². The van der Waals surface area contributed by atoms with E-state index in [0.717, 1.165) is 5.56 Å². The van der Waals surface area contributed by atoms with Crippen molar-refractivity contribution in [3.05, 3.63) is 98.5 Å². The number of benzene rings is 3. The third kappa shape index (κ3) is 5.55. The van der Waals surface area contributed by atoms with Gasteiger partial charge in [0.1, 0.15) is 24.0 Å². The molecule has 0 unspecified atom stereocenters. The van der Waals surface area contributed by atoms with Crippen molar-refractivity contribution in [3.8, 4) is 11.8 Å². The Labute approximate surface area is 189 Å². The normalized spacial score (nSPS) is 10.9. The molecule has 0 heterocycles. The minimum absolute atomic E-state index is 0.0734. The molecule has 0 spiro atoms. The van der Waals surface area contributed by atoms with Crippen molar-refractivity contribution in [1.82, 2.24) is 0 Å². The van der Waals surface area contributed by atoms with Crippen LogP contribution in [0.3, 0.4) is 0 Å². The van der Waals surface area contributed by atoms with Gasteiger partial charge in [0.25, 0.3) is 5.91 Å². The zero-order valence-electron chi connectivity index (χ0n) is 15.5. The van der Waals surface area contributed by atoms with E-state index in [9.17, 15) is 10.1 Å². The van der Waals surface area contributed by atoms with Crippen LogP contribution in [-0.2, 0) is 11.4 Å². The summed E-state index contributed by atoms with van der Waals surface area (Å²) in [5.41, 5.74) is 1.81. The number of hydrogen-bond donors (Lipinski definition) is 1. The van der Waals surface area contributed by atoms with Crippen LogP contribution in [0.5, 0.6) is 5.75 Å². The summed E-state index contributed by atoms with van der Waals surface area (Å²) in [5.74, 6) is 0.0569. The lowest BCUT2D eigenvalue weighted by Gasteiger charge is -2.08. The number of nitrogens with zero attached hydrogens (tertiary/aromatic N) is 1. The summed E-state index contributed by atoms with van der Waals surface area (Å²) in [6.07, 6.45) is 1.48. The van der Waals surface area contributed by atoms with Crippen LogP contribution in [0, 0.1) is 11.3 Å². The summed E-state index contributed by atoms with van der Waals surface area (Å²) in [5, 5.41) is 13.1. The topological polar surface area (TPSA) is 62.1 Å². The number of rotatable bonds is 6. The van der Waals surface area contributed by atoms with E-state index >= 15 is 0 Å². The van der Waals surface area contributed by atoms with Gasteiger partial charge in [0, 0.05) is 10.6 Å². The van der Waals surface area contributed by atoms with Gasteiger partial charge in [-0.2, -0.15) is 5.26 Å². The number of halogens is 3. The fourth-order valence-electron chi connectivity index (χ4n) is 2.54. The molecule has 3 rings (SSSR count). The molecule has 1 N–H and O–H groups in total. The largest absolute Gasteiger partial charge is 0.489 e. The molecule has 3 aromatic carbocycles. The second-order valence-electron chi connectivity index (χ2n) is 6.17. The number of anilines is 1. The second kappa shape index (κ2) is 10.2. The monoisotopic (exact) mass is 456 g/mol. The van der Waals surface area contributed by atoms with E-state index in [2.05, 4.69) is 5.32 Å². The summed E-state index contributed by atoms with van der Waals surface area (Å²) in [4.78, 5) is 12.4. The highest BCUT2D eigenvalue weighted by Crippen LogP contribution is 2.30. The van der Waals surface area contributed by atoms with Crippen LogP contribution < -0.4 is 10.1 Å². The molecule has 0 atom stereocenters. The summed E-state index contributed by atoms with van der Waals surface area (Å²) in [6, 6.07) is 21.2. The van der Waals surface area contributed by atoms with Gasteiger partial charge in [-0.05, 0) is 42.0 Å². The average Bonchev–Trinajstić information content (AvgIpc) is 2.75.